The fourth-order valence-corrected chi connectivity index (χ4v) is 2.03. The van der Waals surface area contributed by atoms with Gasteiger partial charge in [0, 0.05) is 5.41 Å². The molecule has 2 heteroatoms. The summed E-state index contributed by atoms with van der Waals surface area (Å²) in [5.41, 5.74) is 0.264. The normalized spacial score (nSPS) is 11.6. The molecule has 2 aromatic rings. The highest BCUT2D eigenvalue weighted by atomic mass is 16.5. The lowest BCUT2D eigenvalue weighted by Gasteiger charge is -2.20. The van der Waals surface area contributed by atoms with Crippen LogP contribution in [0, 0.1) is 5.41 Å². The molecule has 0 heterocycles. The predicted octanol–water partition coefficient (Wildman–Crippen LogP) is 4.08. The molecule has 2 aromatic carbocycles. The first-order chi connectivity index (χ1) is 8.45. The van der Waals surface area contributed by atoms with Crippen molar-refractivity contribution in [2.75, 3.05) is 7.11 Å². The van der Waals surface area contributed by atoms with Crippen molar-refractivity contribution >= 4 is 16.6 Å². The highest BCUT2D eigenvalue weighted by molar-refractivity contribution is 6.12. The van der Waals surface area contributed by atoms with Gasteiger partial charge in [-0.25, -0.2) is 0 Å². The summed E-state index contributed by atoms with van der Waals surface area (Å²) < 4.78 is 5.35. The molecule has 0 bridgehead atoms. The maximum atomic E-state index is 12.6. The van der Waals surface area contributed by atoms with Crippen molar-refractivity contribution in [3.8, 4) is 5.75 Å². The smallest absolute Gasteiger partial charge is 0.172 e. The van der Waals surface area contributed by atoms with Crippen LogP contribution in [0.2, 0.25) is 0 Å². The second kappa shape index (κ2) is 4.45. The van der Waals surface area contributed by atoms with E-state index in [2.05, 4.69) is 0 Å². The van der Waals surface area contributed by atoms with Gasteiger partial charge in [0.2, 0.25) is 0 Å². The van der Waals surface area contributed by atoms with Crippen molar-refractivity contribution in [1.29, 1.82) is 0 Å². The Morgan fingerprint density at radius 2 is 1.72 bits per heavy atom. The van der Waals surface area contributed by atoms with E-state index in [4.69, 9.17) is 4.74 Å². The summed E-state index contributed by atoms with van der Waals surface area (Å²) in [4.78, 5) is 12.6. The maximum absolute atomic E-state index is 12.6. The second-order valence-corrected chi connectivity index (χ2v) is 5.44. The number of carbonyl (C=O) groups excluding carboxylic acids is 1. The number of hydrogen-bond donors (Lipinski definition) is 0. The summed E-state index contributed by atoms with van der Waals surface area (Å²) in [7, 11) is 1.60. The third kappa shape index (κ3) is 2.10. The molecule has 2 rings (SSSR count). The van der Waals surface area contributed by atoms with E-state index in [1.807, 2.05) is 57.2 Å². The summed E-state index contributed by atoms with van der Waals surface area (Å²) in [6.07, 6.45) is 0. The Hall–Kier alpha value is -1.83. The minimum Gasteiger partial charge on any atom is -0.496 e. The van der Waals surface area contributed by atoms with Gasteiger partial charge in [0.1, 0.15) is 5.75 Å². The Balaban J connectivity index is 2.77. The molecular weight excluding hydrogens is 224 g/mol. The zero-order chi connectivity index (χ0) is 13.3. The summed E-state index contributed by atoms with van der Waals surface area (Å²) in [5, 5.41) is 2.02. The molecule has 0 saturated carbocycles. The monoisotopic (exact) mass is 242 g/mol. The van der Waals surface area contributed by atoms with Gasteiger partial charge in [0.05, 0.1) is 12.7 Å². The molecule has 0 atom stereocenters. The van der Waals surface area contributed by atoms with Gasteiger partial charge in [-0.05, 0) is 16.8 Å². The largest absolute Gasteiger partial charge is 0.496 e. The molecule has 0 aliphatic rings. The molecule has 0 unspecified atom stereocenters. The number of benzene rings is 2. The van der Waals surface area contributed by atoms with Gasteiger partial charge in [-0.1, -0.05) is 51.1 Å². The van der Waals surface area contributed by atoms with Crippen molar-refractivity contribution in [3.05, 3.63) is 42.0 Å². The van der Waals surface area contributed by atoms with Crippen LogP contribution in [-0.4, -0.2) is 12.9 Å². The van der Waals surface area contributed by atoms with Crippen LogP contribution in [-0.2, 0) is 0 Å². The highest BCUT2D eigenvalue weighted by Gasteiger charge is 2.27. The number of ether oxygens (including phenoxy) is 1. The standard InChI is InChI=1S/C16H18O2/c1-16(2,3)15(17)14-12-8-6-5-7-11(12)9-10-13(14)18-4/h5-10H,1-4H3. The molecule has 0 spiro atoms. The van der Waals surface area contributed by atoms with Crippen LogP contribution in [0.5, 0.6) is 5.75 Å². The lowest BCUT2D eigenvalue weighted by Crippen LogP contribution is -2.21. The van der Waals surface area contributed by atoms with Crippen LogP contribution in [0.1, 0.15) is 31.1 Å². The van der Waals surface area contributed by atoms with Crippen molar-refractivity contribution in [2.45, 2.75) is 20.8 Å². The number of Topliss-reactive ketones (excluding diaryl/α,β-unsaturated/α-hetero) is 1. The SMILES string of the molecule is COc1ccc2ccccc2c1C(=O)C(C)(C)C. The molecule has 0 aromatic heterocycles. The summed E-state index contributed by atoms with van der Waals surface area (Å²) in [5.74, 6) is 0.754. The Labute approximate surface area is 108 Å². The van der Waals surface area contributed by atoms with Crippen LogP contribution in [0.4, 0.5) is 0 Å². The fourth-order valence-electron chi connectivity index (χ4n) is 2.03. The molecule has 18 heavy (non-hydrogen) atoms. The molecule has 0 aliphatic carbocycles. The van der Waals surface area contributed by atoms with E-state index >= 15 is 0 Å². The molecule has 0 aliphatic heterocycles. The van der Waals surface area contributed by atoms with Gasteiger partial charge in [0.25, 0.3) is 0 Å². The number of ketones is 1. The summed E-state index contributed by atoms with van der Waals surface area (Å²) in [6, 6.07) is 11.7. The lowest BCUT2D eigenvalue weighted by atomic mass is 9.84. The van der Waals surface area contributed by atoms with Gasteiger partial charge >= 0.3 is 0 Å². The van der Waals surface area contributed by atoms with E-state index in [1.54, 1.807) is 7.11 Å². The molecule has 0 amide bonds. The number of fused-ring (bicyclic) bond motifs is 1. The molecule has 0 saturated heterocycles. The van der Waals surface area contributed by atoms with Crippen molar-refractivity contribution < 1.29 is 9.53 Å². The average Bonchev–Trinajstić information content (AvgIpc) is 2.35. The van der Waals surface area contributed by atoms with Crippen LogP contribution < -0.4 is 4.74 Å². The Morgan fingerprint density at radius 1 is 1.06 bits per heavy atom. The molecule has 0 radical (unpaired) electrons. The number of carbonyl (C=O) groups is 1. The van der Waals surface area contributed by atoms with Crippen LogP contribution in [0.3, 0.4) is 0 Å². The third-order valence-corrected chi connectivity index (χ3v) is 3.02. The van der Waals surface area contributed by atoms with Gasteiger partial charge in [-0.15, -0.1) is 0 Å². The van der Waals surface area contributed by atoms with E-state index in [1.165, 1.54) is 0 Å². The van der Waals surface area contributed by atoms with Crippen molar-refractivity contribution in [2.24, 2.45) is 5.41 Å². The number of methoxy groups -OCH3 is 1. The van der Waals surface area contributed by atoms with Crippen LogP contribution in [0.25, 0.3) is 10.8 Å². The Kier molecular flexibility index (Phi) is 3.12. The zero-order valence-electron chi connectivity index (χ0n) is 11.3. The minimum absolute atomic E-state index is 0.108. The van der Waals surface area contributed by atoms with E-state index in [0.717, 1.165) is 10.8 Å². The first kappa shape index (κ1) is 12.6. The van der Waals surface area contributed by atoms with E-state index < -0.39 is 5.41 Å². The topological polar surface area (TPSA) is 26.3 Å². The van der Waals surface area contributed by atoms with E-state index in [-0.39, 0.29) is 5.78 Å². The summed E-state index contributed by atoms with van der Waals surface area (Å²) in [6.45, 7) is 5.78. The molecule has 94 valence electrons. The average molecular weight is 242 g/mol. The van der Waals surface area contributed by atoms with Crippen LogP contribution in [0.15, 0.2) is 36.4 Å². The maximum Gasteiger partial charge on any atom is 0.172 e. The van der Waals surface area contributed by atoms with Crippen molar-refractivity contribution in [3.63, 3.8) is 0 Å². The van der Waals surface area contributed by atoms with Crippen molar-refractivity contribution in [1.82, 2.24) is 0 Å². The Morgan fingerprint density at radius 3 is 2.33 bits per heavy atom. The third-order valence-electron chi connectivity index (χ3n) is 3.02. The van der Waals surface area contributed by atoms with Gasteiger partial charge < -0.3 is 4.74 Å². The van der Waals surface area contributed by atoms with Gasteiger partial charge in [-0.2, -0.15) is 0 Å². The predicted molar refractivity (Wildman–Crippen MR) is 74.3 cm³/mol. The quantitative estimate of drug-likeness (QED) is 0.742. The van der Waals surface area contributed by atoms with E-state index in [0.29, 0.717) is 11.3 Å². The van der Waals surface area contributed by atoms with Crippen LogP contribution >= 0.6 is 0 Å². The molecule has 0 N–H and O–H groups in total. The second-order valence-electron chi connectivity index (χ2n) is 5.44. The molecule has 2 nitrogen and oxygen atoms in total. The minimum atomic E-state index is -0.419. The van der Waals surface area contributed by atoms with Gasteiger partial charge in [0.15, 0.2) is 5.78 Å². The Bertz CT molecular complexity index is 592. The lowest BCUT2D eigenvalue weighted by molar-refractivity contribution is 0.0857. The molecule has 0 fully saturated rings. The fraction of sp³-hybridized carbons (Fsp3) is 0.312. The first-order valence-electron chi connectivity index (χ1n) is 6.05. The zero-order valence-corrected chi connectivity index (χ0v) is 11.3. The molecular formula is C16H18O2. The van der Waals surface area contributed by atoms with E-state index in [9.17, 15) is 4.79 Å². The summed E-state index contributed by atoms with van der Waals surface area (Å²) >= 11 is 0. The number of hydrogen-bond acceptors (Lipinski definition) is 2. The number of rotatable bonds is 2. The highest BCUT2D eigenvalue weighted by Crippen LogP contribution is 2.33. The van der Waals surface area contributed by atoms with Gasteiger partial charge in [-0.3, -0.25) is 4.79 Å². The first-order valence-corrected chi connectivity index (χ1v) is 6.05.